The van der Waals surface area contributed by atoms with E-state index in [2.05, 4.69) is 5.32 Å². The molecule has 1 N–H and O–H groups in total. The average Bonchev–Trinajstić information content (AvgIpc) is 2.66. The number of anilines is 1. The lowest BCUT2D eigenvalue weighted by molar-refractivity contribution is 0.0988. The number of amides is 1. The number of nitrogens with one attached hydrogen (secondary N) is 1. The highest BCUT2D eigenvalue weighted by Crippen LogP contribution is 2.20. The van der Waals surface area contributed by atoms with Crippen molar-refractivity contribution in [2.45, 2.75) is 34.1 Å². The summed E-state index contributed by atoms with van der Waals surface area (Å²) >= 11 is 0. The first-order valence-electron chi connectivity index (χ1n) is 9.41. The van der Waals surface area contributed by atoms with Crippen LogP contribution >= 0.6 is 0 Å². The number of hydrogen-bond acceptors (Lipinski definition) is 2. The van der Waals surface area contributed by atoms with Crippen molar-refractivity contribution in [2.24, 2.45) is 0 Å². The zero-order valence-corrected chi connectivity index (χ0v) is 16.8. The molecule has 0 fully saturated rings. The molecule has 3 aromatic carbocycles. The van der Waals surface area contributed by atoms with Gasteiger partial charge in [-0.25, -0.2) is 0 Å². The molecule has 3 nitrogen and oxygen atoms in total. The zero-order chi connectivity index (χ0) is 20.3. The number of carbonyl (C=O) groups is 2. The summed E-state index contributed by atoms with van der Waals surface area (Å²) in [5.41, 5.74) is 6.93. The maximum Gasteiger partial charge on any atom is 0.255 e. The Morgan fingerprint density at radius 1 is 0.714 bits per heavy atom. The summed E-state index contributed by atoms with van der Waals surface area (Å²) in [5.74, 6) is -0.100. The molecule has 0 spiro atoms. The number of aryl methyl sites for hydroxylation is 4. The monoisotopic (exact) mass is 371 g/mol. The second kappa shape index (κ2) is 8.22. The molecule has 3 aromatic rings. The van der Waals surface area contributed by atoms with Crippen LogP contribution in [0.5, 0.6) is 0 Å². The van der Waals surface area contributed by atoms with E-state index in [1.54, 1.807) is 6.07 Å². The van der Waals surface area contributed by atoms with Crippen molar-refractivity contribution in [2.75, 3.05) is 5.32 Å². The van der Waals surface area contributed by atoms with Gasteiger partial charge in [0.2, 0.25) is 0 Å². The van der Waals surface area contributed by atoms with Crippen molar-refractivity contribution in [1.82, 2.24) is 0 Å². The van der Waals surface area contributed by atoms with Gasteiger partial charge in [-0.15, -0.1) is 0 Å². The normalized spacial score (nSPS) is 10.6. The first-order chi connectivity index (χ1) is 13.3. The lowest BCUT2D eigenvalue weighted by atomic mass is 9.94. The van der Waals surface area contributed by atoms with Crippen LogP contribution in [0.2, 0.25) is 0 Å². The fourth-order valence-corrected chi connectivity index (χ4v) is 3.18. The fraction of sp³-hybridized carbons (Fsp3) is 0.200. The summed E-state index contributed by atoms with van der Waals surface area (Å²) in [6.07, 6.45) is 0.357. The SMILES string of the molecule is Cc1ccc(CC(=O)c2cc(C)c(C(=O)Nc3ccc(C)cc3)cc2C)cc1. The van der Waals surface area contributed by atoms with Crippen LogP contribution in [0, 0.1) is 27.7 Å². The van der Waals surface area contributed by atoms with Crippen LogP contribution in [0.15, 0.2) is 60.7 Å². The predicted octanol–water partition coefficient (Wildman–Crippen LogP) is 5.60. The minimum absolute atomic E-state index is 0.0648. The summed E-state index contributed by atoms with van der Waals surface area (Å²) in [4.78, 5) is 25.5. The number of Topliss-reactive ketones (excluding diaryl/α,β-unsaturated/α-hetero) is 1. The first-order valence-corrected chi connectivity index (χ1v) is 9.41. The standard InChI is InChI=1S/C25H25NO2/c1-16-5-9-20(10-6-16)15-24(27)22-13-19(4)23(14-18(22)3)25(28)26-21-11-7-17(2)8-12-21/h5-14H,15H2,1-4H3,(H,26,28). The molecular weight excluding hydrogens is 346 g/mol. The van der Waals surface area contributed by atoms with Crippen LogP contribution in [0.25, 0.3) is 0 Å². The van der Waals surface area contributed by atoms with Gasteiger partial charge < -0.3 is 5.32 Å². The third-order valence-electron chi connectivity index (χ3n) is 4.91. The van der Waals surface area contributed by atoms with E-state index in [0.717, 1.165) is 27.9 Å². The Bertz CT molecular complexity index is 930. The predicted molar refractivity (Wildman–Crippen MR) is 114 cm³/mol. The smallest absolute Gasteiger partial charge is 0.255 e. The molecule has 142 valence electrons. The molecule has 0 unspecified atom stereocenters. The van der Waals surface area contributed by atoms with Gasteiger partial charge in [-0.3, -0.25) is 9.59 Å². The Hall–Kier alpha value is -3.20. The first kappa shape index (κ1) is 19.6. The van der Waals surface area contributed by atoms with Crippen molar-refractivity contribution < 1.29 is 9.59 Å². The molecule has 0 aliphatic rings. The van der Waals surface area contributed by atoms with Crippen LogP contribution in [0.3, 0.4) is 0 Å². The number of ketones is 1. The number of carbonyl (C=O) groups excluding carboxylic acids is 2. The Morgan fingerprint density at radius 2 is 1.21 bits per heavy atom. The molecule has 0 atom stereocenters. The van der Waals surface area contributed by atoms with E-state index < -0.39 is 0 Å². The van der Waals surface area contributed by atoms with Gasteiger partial charge in [0.1, 0.15) is 0 Å². The van der Waals surface area contributed by atoms with Crippen LogP contribution in [0.4, 0.5) is 5.69 Å². The molecule has 28 heavy (non-hydrogen) atoms. The molecule has 3 heteroatoms. The van der Waals surface area contributed by atoms with Crippen LogP contribution in [0.1, 0.15) is 48.5 Å². The maximum absolute atomic E-state index is 12.8. The Balaban J connectivity index is 1.79. The van der Waals surface area contributed by atoms with Crippen molar-refractivity contribution in [3.63, 3.8) is 0 Å². The van der Waals surface area contributed by atoms with Crippen molar-refractivity contribution >= 4 is 17.4 Å². The van der Waals surface area contributed by atoms with Crippen LogP contribution in [-0.4, -0.2) is 11.7 Å². The van der Waals surface area contributed by atoms with Gasteiger partial charge in [0.15, 0.2) is 5.78 Å². The Kier molecular flexibility index (Phi) is 5.74. The lowest BCUT2D eigenvalue weighted by Crippen LogP contribution is -2.15. The molecule has 0 bridgehead atoms. The van der Waals surface area contributed by atoms with E-state index in [9.17, 15) is 9.59 Å². The molecule has 3 rings (SSSR count). The topological polar surface area (TPSA) is 46.2 Å². The summed E-state index contributed by atoms with van der Waals surface area (Å²) < 4.78 is 0. The molecule has 0 saturated heterocycles. The van der Waals surface area contributed by atoms with E-state index >= 15 is 0 Å². The molecule has 0 saturated carbocycles. The molecule has 0 aliphatic carbocycles. The second-order valence-corrected chi connectivity index (χ2v) is 7.39. The third kappa shape index (κ3) is 4.55. The molecule has 0 heterocycles. The summed E-state index contributed by atoms with van der Waals surface area (Å²) in [6, 6.07) is 19.3. The quantitative estimate of drug-likeness (QED) is 0.594. The highest BCUT2D eigenvalue weighted by atomic mass is 16.1. The number of hydrogen-bond donors (Lipinski definition) is 1. The molecule has 1 amide bonds. The molecule has 0 aromatic heterocycles. The van der Waals surface area contributed by atoms with Crippen LogP contribution < -0.4 is 5.32 Å². The third-order valence-corrected chi connectivity index (χ3v) is 4.91. The molecule has 0 aliphatic heterocycles. The zero-order valence-electron chi connectivity index (χ0n) is 16.8. The average molecular weight is 371 g/mol. The number of benzene rings is 3. The van der Waals surface area contributed by atoms with Gasteiger partial charge in [0.25, 0.3) is 5.91 Å². The van der Waals surface area contributed by atoms with Gasteiger partial charge in [-0.05, 0) is 68.7 Å². The Morgan fingerprint density at radius 3 is 1.82 bits per heavy atom. The van der Waals surface area contributed by atoms with Gasteiger partial charge in [0, 0.05) is 23.2 Å². The highest BCUT2D eigenvalue weighted by molar-refractivity contribution is 6.07. The summed E-state index contributed by atoms with van der Waals surface area (Å²) in [7, 11) is 0. The Labute approximate surface area is 166 Å². The van der Waals surface area contributed by atoms with E-state index in [4.69, 9.17) is 0 Å². The van der Waals surface area contributed by atoms with Crippen molar-refractivity contribution in [3.05, 3.63) is 99.6 Å². The van der Waals surface area contributed by atoms with Crippen molar-refractivity contribution in [1.29, 1.82) is 0 Å². The largest absolute Gasteiger partial charge is 0.322 e. The second-order valence-electron chi connectivity index (χ2n) is 7.39. The van der Waals surface area contributed by atoms with Crippen LogP contribution in [-0.2, 0) is 6.42 Å². The van der Waals surface area contributed by atoms with Gasteiger partial charge in [-0.1, -0.05) is 47.5 Å². The maximum atomic E-state index is 12.8. The van der Waals surface area contributed by atoms with E-state index in [0.29, 0.717) is 17.5 Å². The van der Waals surface area contributed by atoms with E-state index in [1.165, 1.54) is 5.56 Å². The van der Waals surface area contributed by atoms with E-state index in [-0.39, 0.29) is 11.7 Å². The summed E-state index contributed by atoms with van der Waals surface area (Å²) in [6.45, 7) is 7.78. The fourth-order valence-electron chi connectivity index (χ4n) is 3.18. The number of rotatable bonds is 5. The van der Waals surface area contributed by atoms with E-state index in [1.807, 2.05) is 82.3 Å². The minimum atomic E-state index is -0.165. The van der Waals surface area contributed by atoms with Crippen molar-refractivity contribution in [3.8, 4) is 0 Å². The highest BCUT2D eigenvalue weighted by Gasteiger charge is 2.16. The lowest BCUT2D eigenvalue weighted by Gasteiger charge is -2.12. The molecule has 0 radical (unpaired) electrons. The minimum Gasteiger partial charge on any atom is -0.322 e. The molecular formula is C25H25NO2. The van der Waals surface area contributed by atoms with Gasteiger partial charge in [-0.2, -0.15) is 0 Å². The van der Waals surface area contributed by atoms with Gasteiger partial charge in [0.05, 0.1) is 0 Å². The van der Waals surface area contributed by atoms with Gasteiger partial charge >= 0.3 is 0 Å². The summed E-state index contributed by atoms with van der Waals surface area (Å²) in [5, 5.41) is 2.92.